The Bertz CT molecular complexity index is 1320. The zero-order chi connectivity index (χ0) is 26.0. The van der Waals surface area contributed by atoms with Gasteiger partial charge in [0.05, 0.1) is 11.3 Å². The predicted octanol–water partition coefficient (Wildman–Crippen LogP) is 5.23. The zero-order valence-corrected chi connectivity index (χ0v) is 19.5. The molecular weight excluding hydrogens is 474 g/mol. The quantitative estimate of drug-likeness (QED) is 0.491. The van der Waals surface area contributed by atoms with Crippen molar-refractivity contribution in [1.82, 2.24) is 5.32 Å². The number of likely N-dealkylation sites (N-methyl/N-ethyl adjacent to an activating group) is 1. The van der Waals surface area contributed by atoms with Crippen molar-refractivity contribution < 1.29 is 27.2 Å². The van der Waals surface area contributed by atoms with Crippen molar-refractivity contribution in [1.29, 1.82) is 0 Å². The van der Waals surface area contributed by atoms with E-state index in [1.54, 1.807) is 14.0 Å². The molecule has 2 amide bonds. The molecule has 0 aliphatic carbocycles. The Labute approximate surface area is 205 Å². The minimum absolute atomic E-state index is 0.0119. The largest absolute Gasteiger partial charge is 0.419 e. The van der Waals surface area contributed by atoms with Crippen LogP contribution >= 0.6 is 0 Å². The molecule has 3 aromatic rings. The fourth-order valence-corrected chi connectivity index (χ4v) is 4.01. The van der Waals surface area contributed by atoms with Crippen molar-refractivity contribution in [2.75, 3.05) is 11.9 Å². The molecule has 4 rings (SSSR count). The fourth-order valence-electron chi connectivity index (χ4n) is 4.01. The van der Waals surface area contributed by atoms with Gasteiger partial charge < -0.3 is 10.2 Å². The summed E-state index contributed by atoms with van der Waals surface area (Å²) in [4.78, 5) is 31.5. The second-order valence-corrected chi connectivity index (χ2v) is 8.64. The number of fused-ring (bicyclic) bond motifs is 1. The topological polar surface area (TPSA) is 61.8 Å². The molecule has 1 heterocycles. The minimum Gasteiger partial charge on any atom is -0.326 e. The fraction of sp³-hybridized carbons (Fsp3) is 0.222. The minimum atomic E-state index is -4.80. The number of amides is 2. The Morgan fingerprint density at radius 3 is 2.44 bits per heavy atom. The van der Waals surface area contributed by atoms with Gasteiger partial charge in [-0.05, 0) is 41.3 Å². The van der Waals surface area contributed by atoms with Crippen LogP contribution in [0.4, 0.5) is 23.2 Å². The predicted molar refractivity (Wildman–Crippen MR) is 129 cm³/mol. The summed E-state index contributed by atoms with van der Waals surface area (Å²) < 4.78 is 52.2. The molecular formula is C27H23F4N3O2. The van der Waals surface area contributed by atoms with Crippen molar-refractivity contribution in [2.45, 2.75) is 25.7 Å². The second kappa shape index (κ2) is 9.93. The lowest BCUT2D eigenvalue weighted by atomic mass is 9.99. The Morgan fingerprint density at radius 2 is 1.78 bits per heavy atom. The van der Waals surface area contributed by atoms with Crippen LogP contribution in [0.5, 0.6) is 0 Å². The summed E-state index contributed by atoms with van der Waals surface area (Å²) >= 11 is 0. The molecule has 0 unspecified atom stereocenters. The van der Waals surface area contributed by atoms with E-state index in [0.717, 1.165) is 23.3 Å². The molecule has 0 fully saturated rings. The molecule has 0 radical (unpaired) electrons. The number of alkyl halides is 3. The Kier molecular flexibility index (Phi) is 6.92. The lowest BCUT2D eigenvalue weighted by Gasteiger charge is -2.22. The molecule has 1 aliphatic heterocycles. The Hall–Kier alpha value is -4.01. The van der Waals surface area contributed by atoms with Gasteiger partial charge in [-0.2, -0.15) is 13.2 Å². The Morgan fingerprint density at radius 1 is 1.06 bits per heavy atom. The van der Waals surface area contributed by atoms with Crippen LogP contribution in [0.3, 0.4) is 0 Å². The highest BCUT2D eigenvalue weighted by Crippen LogP contribution is 2.32. The van der Waals surface area contributed by atoms with Gasteiger partial charge in [0.2, 0.25) is 12.1 Å². The van der Waals surface area contributed by atoms with E-state index in [0.29, 0.717) is 17.3 Å². The molecule has 5 nitrogen and oxygen atoms in total. The van der Waals surface area contributed by atoms with Gasteiger partial charge >= 0.3 is 6.18 Å². The summed E-state index contributed by atoms with van der Waals surface area (Å²) in [5, 5.41) is 2.59. The number of rotatable bonds is 5. The number of aliphatic imine (C=N–C) groups is 1. The van der Waals surface area contributed by atoms with Crippen molar-refractivity contribution in [2.24, 2.45) is 10.9 Å². The van der Waals surface area contributed by atoms with E-state index in [4.69, 9.17) is 0 Å². The molecule has 0 bridgehead atoms. The first-order chi connectivity index (χ1) is 17.0. The highest BCUT2D eigenvalue weighted by atomic mass is 19.4. The standard InChI is InChI=1S/C27H23F4N3O2/c1-16(12-17-8-11-21(22(28)13-17)27(29,30)31)25(35)33-24-26(36)34(2)23-14-19(9-10-20(23)15-32-24)18-6-4-3-5-7-18/h3-11,13-16,24H,12H2,1-2H3,(H,33,35)/t16-,24-/m1/s1. The van der Waals surface area contributed by atoms with Crippen LogP contribution < -0.4 is 10.2 Å². The second-order valence-electron chi connectivity index (χ2n) is 8.64. The number of benzodiazepines with no additional fused rings is 1. The van der Waals surface area contributed by atoms with E-state index in [2.05, 4.69) is 10.3 Å². The van der Waals surface area contributed by atoms with Crippen molar-refractivity contribution in [3.05, 3.63) is 89.2 Å². The zero-order valence-electron chi connectivity index (χ0n) is 19.5. The third-order valence-electron chi connectivity index (χ3n) is 6.03. The molecule has 0 saturated carbocycles. The maximum Gasteiger partial charge on any atom is 0.419 e. The van der Waals surface area contributed by atoms with Gasteiger partial charge in [0.1, 0.15) is 5.82 Å². The van der Waals surface area contributed by atoms with E-state index in [9.17, 15) is 27.2 Å². The summed E-state index contributed by atoms with van der Waals surface area (Å²) in [7, 11) is 1.60. The summed E-state index contributed by atoms with van der Waals surface area (Å²) in [6.45, 7) is 1.54. The molecule has 3 aromatic carbocycles. The number of anilines is 1. The van der Waals surface area contributed by atoms with Crippen LogP contribution in [0.2, 0.25) is 0 Å². The number of hydrogen-bond donors (Lipinski definition) is 1. The lowest BCUT2D eigenvalue weighted by Crippen LogP contribution is -2.47. The highest BCUT2D eigenvalue weighted by Gasteiger charge is 2.34. The lowest BCUT2D eigenvalue weighted by molar-refractivity contribution is -0.140. The number of carbonyl (C=O) groups excluding carboxylic acids is 2. The van der Waals surface area contributed by atoms with Crippen LogP contribution in [-0.4, -0.2) is 31.2 Å². The van der Waals surface area contributed by atoms with Gasteiger partial charge in [0, 0.05) is 24.7 Å². The number of hydrogen-bond acceptors (Lipinski definition) is 3. The van der Waals surface area contributed by atoms with Crippen molar-refractivity contribution in [3.63, 3.8) is 0 Å². The van der Waals surface area contributed by atoms with E-state index in [-0.39, 0.29) is 12.0 Å². The van der Waals surface area contributed by atoms with Crippen LogP contribution in [0.25, 0.3) is 11.1 Å². The van der Waals surface area contributed by atoms with Crippen LogP contribution in [-0.2, 0) is 22.2 Å². The van der Waals surface area contributed by atoms with Gasteiger partial charge in [-0.15, -0.1) is 0 Å². The third-order valence-corrected chi connectivity index (χ3v) is 6.03. The number of benzene rings is 3. The average Bonchev–Trinajstić information content (AvgIpc) is 2.95. The molecule has 1 N–H and O–H groups in total. The molecule has 9 heteroatoms. The van der Waals surface area contributed by atoms with E-state index >= 15 is 0 Å². The van der Waals surface area contributed by atoms with Crippen molar-refractivity contribution in [3.8, 4) is 11.1 Å². The number of nitrogens with zero attached hydrogens (tertiary/aromatic N) is 2. The maximum absolute atomic E-state index is 13.9. The molecule has 0 spiro atoms. The average molecular weight is 497 g/mol. The van der Waals surface area contributed by atoms with Gasteiger partial charge in [-0.25, -0.2) is 4.39 Å². The molecule has 36 heavy (non-hydrogen) atoms. The van der Waals surface area contributed by atoms with Crippen LogP contribution in [0, 0.1) is 11.7 Å². The molecule has 2 atom stereocenters. The highest BCUT2D eigenvalue weighted by molar-refractivity contribution is 6.06. The first-order valence-corrected chi connectivity index (χ1v) is 11.2. The van der Waals surface area contributed by atoms with Crippen LogP contribution in [0.1, 0.15) is 23.6 Å². The third kappa shape index (κ3) is 5.30. The first kappa shape index (κ1) is 25.1. The van der Waals surface area contributed by atoms with Gasteiger partial charge in [-0.1, -0.05) is 55.5 Å². The normalized spacial score (nSPS) is 16.3. The smallest absolute Gasteiger partial charge is 0.326 e. The van der Waals surface area contributed by atoms with E-state index in [1.807, 2.05) is 48.5 Å². The van der Waals surface area contributed by atoms with E-state index in [1.165, 1.54) is 11.1 Å². The molecule has 0 saturated heterocycles. The first-order valence-electron chi connectivity index (χ1n) is 11.2. The van der Waals surface area contributed by atoms with Gasteiger partial charge in [0.25, 0.3) is 5.91 Å². The Balaban J connectivity index is 1.46. The van der Waals surface area contributed by atoms with Crippen molar-refractivity contribution >= 4 is 23.7 Å². The summed E-state index contributed by atoms with van der Waals surface area (Å²) in [5.41, 5.74) is 2.12. The SMILES string of the molecule is C[C@H](Cc1ccc(C(F)(F)F)c(F)c1)C(=O)N[C@H]1N=Cc2ccc(-c3ccccc3)cc2N(C)C1=O. The maximum atomic E-state index is 13.9. The molecule has 186 valence electrons. The summed E-state index contributed by atoms with van der Waals surface area (Å²) in [6.07, 6.45) is -4.47. The van der Waals surface area contributed by atoms with Gasteiger partial charge in [-0.3, -0.25) is 14.6 Å². The van der Waals surface area contributed by atoms with Crippen LogP contribution in [0.15, 0.2) is 71.7 Å². The number of halogens is 4. The molecule has 1 aliphatic rings. The number of nitrogens with one attached hydrogen (secondary N) is 1. The molecule has 0 aromatic heterocycles. The summed E-state index contributed by atoms with van der Waals surface area (Å²) in [5.74, 6) is -3.12. The van der Waals surface area contributed by atoms with Gasteiger partial charge in [0.15, 0.2) is 0 Å². The monoisotopic (exact) mass is 497 g/mol. The summed E-state index contributed by atoms with van der Waals surface area (Å²) in [6, 6.07) is 17.9. The van der Waals surface area contributed by atoms with E-state index < -0.39 is 41.5 Å². The number of carbonyl (C=O) groups is 2.